The van der Waals surface area contributed by atoms with Crippen molar-refractivity contribution in [1.82, 2.24) is 4.57 Å². The van der Waals surface area contributed by atoms with Gasteiger partial charge in [-0.05, 0) is 55.3 Å². The van der Waals surface area contributed by atoms with Crippen LogP contribution in [-0.2, 0) is 16.6 Å². The molecule has 1 aromatic heterocycles. The molecule has 0 saturated heterocycles. The Hall–Kier alpha value is -3.52. The first kappa shape index (κ1) is 25.1. The van der Waals surface area contributed by atoms with Gasteiger partial charge in [-0.15, -0.1) is 0 Å². The fraction of sp³-hybridized carbons (Fsp3) is 0.280. The first-order valence-corrected chi connectivity index (χ1v) is 11.2. The van der Waals surface area contributed by atoms with E-state index in [0.717, 1.165) is 17.0 Å². The van der Waals surface area contributed by atoms with Gasteiger partial charge in [0.05, 0.1) is 11.2 Å². The number of pyridine rings is 1. The van der Waals surface area contributed by atoms with Crippen LogP contribution in [0.4, 0.5) is 10.1 Å². The van der Waals surface area contributed by atoms with E-state index in [1.54, 1.807) is 26.0 Å². The summed E-state index contributed by atoms with van der Waals surface area (Å²) < 4.78 is 20.3. The van der Waals surface area contributed by atoms with Crippen molar-refractivity contribution in [3.8, 4) is 5.75 Å². The lowest BCUT2D eigenvalue weighted by atomic mass is 10.1. The van der Waals surface area contributed by atoms with Crippen LogP contribution in [0.15, 0.2) is 47.3 Å². The van der Waals surface area contributed by atoms with Gasteiger partial charge in [0, 0.05) is 30.3 Å². The molecule has 3 aromatic rings. The molecule has 0 aliphatic rings. The summed E-state index contributed by atoms with van der Waals surface area (Å²) in [5.41, 5.74) is -0.770. The number of halogens is 2. The van der Waals surface area contributed by atoms with Crippen LogP contribution in [0, 0.1) is 5.82 Å². The topological polar surface area (TPSA) is 85.7 Å². The number of ether oxygens (including phenoxy) is 1. The van der Waals surface area contributed by atoms with Crippen molar-refractivity contribution >= 4 is 46.0 Å². The first-order chi connectivity index (χ1) is 16.2. The Morgan fingerprint density at radius 2 is 1.68 bits per heavy atom. The molecule has 7 nitrogen and oxygen atoms in total. The van der Waals surface area contributed by atoms with Gasteiger partial charge in [-0.25, -0.2) is 9.29 Å². The van der Waals surface area contributed by atoms with E-state index in [1.165, 1.54) is 29.8 Å². The molecule has 0 atom stereocenters. The number of esters is 1. The van der Waals surface area contributed by atoms with Crippen molar-refractivity contribution < 1.29 is 23.5 Å². The monoisotopic (exact) mass is 486 g/mol. The number of benzene rings is 2. The normalized spacial score (nSPS) is 10.9. The summed E-state index contributed by atoms with van der Waals surface area (Å²) >= 11 is 6.16. The summed E-state index contributed by atoms with van der Waals surface area (Å²) in [6.45, 7) is 3.55. The molecular formula is C25H24ClFN2O5. The lowest BCUT2D eigenvalue weighted by Crippen LogP contribution is -2.41. The number of imide groups is 1. The lowest BCUT2D eigenvalue weighted by Gasteiger charge is -2.23. The van der Waals surface area contributed by atoms with Crippen molar-refractivity contribution in [2.75, 3.05) is 4.90 Å². The summed E-state index contributed by atoms with van der Waals surface area (Å²) in [5, 5.41) is 0.569. The Morgan fingerprint density at radius 1 is 1.03 bits per heavy atom. The van der Waals surface area contributed by atoms with Crippen molar-refractivity contribution in [2.24, 2.45) is 7.05 Å². The van der Waals surface area contributed by atoms with Crippen LogP contribution in [0.3, 0.4) is 0 Å². The summed E-state index contributed by atoms with van der Waals surface area (Å²) in [6.07, 6.45) is 0.991. The highest BCUT2D eigenvalue weighted by Gasteiger charge is 2.32. The highest BCUT2D eigenvalue weighted by Crippen LogP contribution is 2.32. The van der Waals surface area contributed by atoms with Gasteiger partial charge in [0.15, 0.2) is 5.75 Å². The number of carbonyl (C=O) groups excluding carboxylic acids is 3. The Bertz CT molecular complexity index is 1320. The Morgan fingerprint density at radius 3 is 2.29 bits per heavy atom. The van der Waals surface area contributed by atoms with Gasteiger partial charge < -0.3 is 9.30 Å². The van der Waals surface area contributed by atoms with Gasteiger partial charge in [0.2, 0.25) is 5.91 Å². The number of hydrogen-bond donors (Lipinski definition) is 0. The predicted octanol–water partition coefficient (Wildman–Crippen LogP) is 5.01. The largest absolute Gasteiger partial charge is 0.425 e. The van der Waals surface area contributed by atoms with Crippen LogP contribution in [0.1, 0.15) is 49.9 Å². The maximum Gasteiger partial charge on any atom is 0.311 e. The van der Waals surface area contributed by atoms with Gasteiger partial charge in [-0.3, -0.25) is 19.2 Å². The van der Waals surface area contributed by atoms with Crippen LogP contribution in [0.5, 0.6) is 5.75 Å². The zero-order valence-corrected chi connectivity index (χ0v) is 19.8. The van der Waals surface area contributed by atoms with Crippen LogP contribution < -0.4 is 15.2 Å². The predicted molar refractivity (Wildman–Crippen MR) is 128 cm³/mol. The van der Waals surface area contributed by atoms with Crippen molar-refractivity contribution in [2.45, 2.75) is 39.5 Å². The summed E-state index contributed by atoms with van der Waals surface area (Å²) in [7, 11) is 1.46. The summed E-state index contributed by atoms with van der Waals surface area (Å²) in [4.78, 5) is 53.3. The maximum absolute atomic E-state index is 13.8. The molecule has 0 N–H and O–H groups in total. The molecule has 0 radical (unpaired) electrons. The van der Waals surface area contributed by atoms with E-state index in [-0.39, 0.29) is 29.7 Å². The van der Waals surface area contributed by atoms with Crippen LogP contribution in [0.2, 0.25) is 5.02 Å². The molecule has 0 unspecified atom stereocenters. The molecule has 9 heteroatoms. The van der Waals surface area contributed by atoms with E-state index >= 15 is 0 Å². The Kier molecular flexibility index (Phi) is 7.83. The van der Waals surface area contributed by atoms with Gasteiger partial charge in [0.25, 0.3) is 11.5 Å². The van der Waals surface area contributed by atoms with Crippen molar-refractivity contribution in [1.29, 1.82) is 0 Å². The number of amides is 2. The lowest BCUT2D eigenvalue weighted by molar-refractivity contribution is -0.134. The molecule has 0 spiro atoms. The average Bonchev–Trinajstić information content (AvgIpc) is 2.79. The highest BCUT2D eigenvalue weighted by molar-refractivity contribution is 6.31. The van der Waals surface area contributed by atoms with Gasteiger partial charge in [-0.2, -0.15) is 0 Å². The number of hydrogen-bond acceptors (Lipinski definition) is 5. The molecule has 0 fully saturated rings. The molecule has 1 heterocycles. The fourth-order valence-corrected chi connectivity index (χ4v) is 3.73. The van der Waals surface area contributed by atoms with Gasteiger partial charge in [0.1, 0.15) is 11.4 Å². The third kappa shape index (κ3) is 5.02. The summed E-state index contributed by atoms with van der Waals surface area (Å²) in [6, 6.07) is 9.38. The number of aryl methyl sites for hydroxylation is 1. The quantitative estimate of drug-likeness (QED) is 0.438. The number of aromatic nitrogens is 1. The number of anilines is 1. The smallest absolute Gasteiger partial charge is 0.311 e. The Balaban J connectivity index is 2.32. The third-order valence-electron chi connectivity index (χ3n) is 5.20. The first-order valence-electron chi connectivity index (χ1n) is 10.8. The molecule has 2 amide bonds. The van der Waals surface area contributed by atoms with E-state index in [2.05, 4.69) is 0 Å². The summed E-state index contributed by atoms with van der Waals surface area (Å²) in [5.74, 6) is -3.02. The minimum absolute atomic E-state index is 0.00774. The minimum atomic E-state index is -0.980. The zero-order valence-electron chi connectivity index (χ0n) is 19.1. The minimum Gasteiger partial charge on any atom is -0.425 e. The molecule has 0 bridgehead atoms. The number of fused-ring (bicyclic) bond motifs is 1. The second kappa shape index (κ2) is 10.6. The van der Waals surface area contributed by atoms with Gasteiger partial charge >= 0.3 is 5.97 Å². The van der Waals surface area contributed by atoms with E-state index in [4.69, 9.17) is 16.3 Å². The van der Waals surface area contributed by atoms with Gasteiger partial charge in [-0.1, -0.05) is 25.4 Å². The molecular weight excluding hydrogens is 463 g/mol. The third-order valence-corrected chi connectivity index (χ3v) is 5.43. The van der Waals surface area contributed by atoms with E-state index in [1.807, 2.05) is 0 Å². The van der Waals surface area contributed by atoms with E-state index in [9.17, 15) is 23.6 Å². The van der Waals surface area contributed by atoms with E-state index < -0.39 is 34.7 Å². The van der Waals surface area contributed by atoms with Crippen molar-refractivity contribution in [3.63, 3.8) is 0 Å². The molecule has 2 aromatic carbocycles. The van der Waals surface area contributed by atoms with E-state index in [0.29, 0.717) is 23.4 Å². The molecule has 0 saturated carbocycles. The maximum atomic E-state index is 13.8. The fourth-order valence-electron chi connectivity index (χ4n) is 3.56. The number of nitrogens with zero attached hydrogens (tertiary/aromatic N) is 2. The molecule has 178 valence electrons. The van der Waals surface area contributed by atoms with Crippen LogP contribution in [-0.4, -0.2) is 22.4 Å². The molecule has 34 heavy (non-hydrogen) atoms. The Labute approximate surface area is 200 Å². The molecule has 0 aliphatic heterocycles. The van der Waals surface area contributed by atoms with Crippen LogP contribution >= 0.6 is 11.6 Å². The number of carbonyl (C=O) groups is 3. The second-order valence-corrected chi connectivity index (χ2v) is 8.15. The SMILES string of the molecule is CCCC(=O)Oc1c(C(=O)N(C(=O)CCC)c2ccc(F)cc2)c(=O)n(C)c2ccc(Cl)cc12. The number of rotatable bonds is 7. The van der Waals surface area contributed by atoms with Crippen LogP contribution in [0.25, 0.3) is 10.9 Å². The average molecular weight is 487 g/mol. The zero-order chi connectivity index (χ0) is 25.0. The standard InChI is InChI=1S/C25H24ClFN2O5/c1-4-6-20(30)29(17-11-9-16(27)10-12-17)25(33)22-23(34-21(31)7-5-2)18-14-15(26)8-13-19(18)28(3)24(22)32/h8-14H,4-7H2,1-3H3. The van der Waals surface area contributed by atoms with Crippen molar-refractivity contribution in [3.05, 3.63) is 69.2 Å². The molecule has 0 aliphatic carbocycles. The highest BCUT2D eigenvalue weighted by atomic mass is 35.5. The second-order valence-electron chi connectivity index (χ2n) is 7.71. The molecule has 3 rings (SSSR count).